The molecular formula is C16H30N2O3. The second-order valence-electron chi connectivity index (χ2n) is 6.40. The molecule has 0 bridgehead atoms. The van der Waals surface area contributed by atoms with E-state index in [2.05, 4.69) is 17.6 Å². The molecule has 0 saturated heterocycles. The molecule has 21 heavy (non-hydrogen) atoms. The van der Waals surface area contributed by atoms with Gasteiger partial charge in [0, 0.05) is 6.04 Å². The zero-order chi connectivity index (χ0) is 15.9. The molecule has 122 valence electrons. The molecule has 1 rings (SSSR count). The number of carbonyl (C=O) groups excluding carboxylic acids is 1. The van der Waals surface area contributed by atoms with Gasteiger partial charge in [0.05, 0.1) is 0 Å². The Bertz CT molecular complexity index is 353. The SMILES string of the molecule is CCCC(C)(NC(=O)NC(CC)C1CCCCC1)C(=O)O. The van der Waals surface area contributed by atoms with Gasteiger partial charge in [-0.15, -0.1) is 0 Å². The second-order valence-corrected chi connectivity index (χ2v) is 6.40. The maximum Gasteiger partial charge on any atom is 0.329 e. The summed E-state index contributed by atoms with van der Waals surface area (Å²) in [6, 6.07) is -0.212. The van der Waals surface area contributed by atoms with E-state index in [9.17, 15) is 14.7 Å². The number of carboxylic acid groups (broad SMARTS) is 1. The van der Waals surface area contributed by atoms with Crippen molar-refractivity contribution in [2.24, 2.45) is 5.92 Å². The predicted molar refractivity (Wildman–Crippen MR) is 83.3 cm³/mol. The van der Waals surface area contributed by atoms with E-state index < -0.39 is 11.5 Å². The van der Waals surface area contributed by atoms with E-state index in [0.29, 0.717) is 18.8 Å². The third-order valence-corrected chi connectivity index (χ3v) is 4.59. The van der Waals surface area contributed by atoms with E-state index in [1.54, 1.807) is 6.92 Å². The highest BCUT2D eigenvalue weighted by Crippen LogP contribution is 2.27. The smallest absolute Gasteiger partial charge is 0.329 e. The second kappa shape index (κ2) is 8.25. The summed E-state index contributed by atoms with van der Waals surface area (Å²) in [5.41, 5.74) is -1.19. The minimum atomic E-state index is -1.19. The molecular weight excluding hydrogens is 268 g/mol. The van der Waals surface area contributed by atoms with E-state index in [1.165, 1.54) is 19.3 Å². The molecule has 1 saturated carbocycles. The Balaban J connectivity index is 2.58. The number of rotatable bonds is 7. The van der Waals surface area contributed by atoms with Crippen LogP contribution in [0.2, 0.25) is 0 Å². The maximum atomic E-state index is 12.2. The lowest BCUT2D eigenvalue weighted by molar-refractivity contribution is -0.144. The maximum absolute atomic E-state index is 12.2. The molecule has 3 N–H and O–H groups in total. The highest BCUT2D eigenvalue weighted by atomic mass is 16.4. The van der Waals surface area contributed by atoms with E-state index in [0.717, 1.165) is 19.3 Å². The molecule has 0 heterocycles. The lowest BCUT2D eigenvalue weighted by Crippen LogP contribution is -2.57. The summed E-state index contributed by atoms with van der Waals surface area (Å²) >= 11 is 0. The van der Waals surface area contributed by atoms with Gasteiger partial charge in [0.15, 0.2) is 0 Å². The van der Waals surface area contributed by atoms with Crippen molar-refractivity contribution in [2.75, 3.05) is 0 Å². The zero-order valence-corrected chi connectivity index (χ0v) is 13.6. The van der Waals surface area contributed by atoms with Crippen molar-refractivity contribution < 1.29 is 14.7 Å². The first-order valence-corrected chi connectivity index (χ1v) is 8.25. The van der Waals surface area contributed by atoms with Crippen LogP contribution < -0.4 is 10.6 Å². The summed E-state index contributed by atoms with van der Waals surface area (Å²) in [4.78, 5) is 23.5. The van der Waals surface area contributed by atoms with Gasteiger partial charge in [0.1, 0.15) is 5.54 Å². The number of carbonyl (C=O) groups is 2. The Morgan fingerprint density at radius 1 is 1.24 bits per heavy atom. The molecule has 0 aromatic heterocycles. The van der Waals surface area contributed by atoms with Gasteiger partial charge >= 0.3 is 12.0 Å². The quantitative estimate of drug-likeness (QED) is 0.675. The summed E-state index contributed by atoms with van der Waals surface area (Å²) < 4.78 is 0. The van der Waals surface area contributed by atoms with Crippen LogP contribution in [0.1, 0.15) is 72.1 Å². The fourth-order valence-electron chi connectivity index (χ4n) is 3.27. The Kier molecular flexibility index (Phi) is 6.99. The number of aliphatic carboxylic acids is 1. The summed E-state index contributed by atoms with van der Waals surface area (Å²) in [7, 11) is 0. The van der Waals surface area contributed by atoms with Gasteiger partial charge in [0.25, 0.3) is 0 Å². The van der Waals surface area contributed by atoms with Crippen molar-refractivity contribution in [1.29, 1.82) is 0 Å². The fraction of sp³-hybridized carbons (Fsp3) is 0.875. The van der Waals surface area contributed by atoms with Gasteiger partial charge in [-0.25, -0.2) is 9.59 Å². The minimum Gasteiger partial charge on any atom is -0.480 e. The van der Waals surface area contributed by atoms with Crippen LogP contribution in [0.25, 0.3) is 0 Å². The van der Waals surface area contributed by atoms with Crippen LogP contribution in [0.3, 0.4) is 0 Å². The largest absolute Gasteiger partial charge is 0.480 e. The molecule has 0 radical (unpaired) electrons. The Morgan fingerprint density at radius 2 is 1.86 bits per heavy atom. The lowest BCUT2D eigenvalue weighted by atomic mass is 9.83. The number of carboxylic acids is 1. The number of amides is 2. The number of nitrogens with one attached hydrogen (secondary N) is 2. The van der Waals surface area contributed by atoms with E-state index in [4.69, 9.17) is 0 Å². The summed E-state index contributed by atoms with van der Waals surface area (Å²) in [6.07, 6.45) is 8.08. The average Bonchev–Trinajstić information content (AvgIpc) is 2.45. The monoisotopic (exact) mass is 298 g/mol. The van der Waals surface area contributed by atoms with Crippen LogP contribution in [-0.2, 0) is 4.79 Å². The number of hydrogen-bond donors (Lipinski definition) is 3. The van der Waals surface area contributed by atoms with E-state index in [1.807, 2.05) is 6.92 Å². The predicted octanol–water partition coefficient (Wildman–Crippen LogP) is 3.29. The lowest BCUT2D eigenvalue weighted by Gasteiger charge is -2.32. The van der Waals surface area contributed by atoms with Crippen molar-refractivity contribution in [3.8, 4) is 0 Å². The molecule has 1 aliphatic rings. The van der Waals surface area contributed by atoms with Gasteiger partial charge in [-0.1, -0.05) is 39.5 Å². The minimum absolute atomic E-state index is 0.143. The molecule has 2 atom stereocenters. The Hall–Kier alpha value is -1.26. The highest BCUT2D eigenvalue weighted by molar-refractivity contribution is 5.85. The van der Waals surface area contributed by atoms with E-state index >= 15 is 0 Å². The third-order valence-electron chi connectivity index (χ3n) is 4.59. The van der Waals surface area contributed by atoms with Gasteiger partial charge in [0.2, 0.25) is 0 Å². The standard InChI is InChI=1S/C16H30N2O3/c1-4-11-16(3,14(19)20)18-15(21)17-13(5-2)12-9-7-6-8-10-12/h12-13H,4-11H2,1-3H3,(H,19,20)(H2,17,18,21). The van der Waals surface area contributed by atoms with E-state index in [-0.39, 0.29) is 12.1 Å². The molecule has 1 aliphatic carbocycles. The van der Waals surface area contributed by atoms with Crippen LogP contribution in [0.15, 0.2) is 0 Å². The molecule has 2 unspecified atom stereocenters. The molecule has 1 fully saturated rings. The van der Waals surface area contributed by atoms with Crippen LogP contribution >= 0.6 is 0 Å². The van der Waals surface area contributed by atoms with Crippen molar-refractivity contribution in [1.82, 2.24) is 10.6 Å². The third kappa shape index (κ3) is 5.21. The highest BCUT2D eigenvalue weighted by Gasteiger charge is 2.34. The van der Waals surface area contributed by atoms with Crippen molar-refractivity contribution in [3.05, 3.63) is 0 Å². The molecule has 0 aromatic rings. The molecule has 0 spiro atoms. The molecule has 0 aliphatic heterocycles. The van der Waals surface area contributed by atoms with Gasteiger partial charge in [-0.05, 0) is 38.5 Å². The summed E-state index contributed by atoms with van der Waals surface area (Å²) in [5.74, 6) is -0.457. The van der Waals surface area contributed by atoms with Crippen LogP contribution in [0, 0.1) is 5.92 Å². The van der Waals surface area contributed by atoms with Gasteiger partial charge in [-0.2, -0.15) is 0 Å². The zero-order valence-electron chi connectivity index (χ0n) is 13.6. The normalized spacial score (nSPS) is 20.3. The first-order chi connectivity index (χ1) is 9.92. The van der Waals surface area contributed by atoms with Crippen LogP contribution in [0.5, 0.6) is 0 Å². The summed E-state index contributed by atoms with van der Waals surface area (Å²) in [5, 5.41) is 15.0. The van der Waals surface area contributed by atoms with Gasteiger partial charge < -0.3 is 15.7 Å². The number of hydrogen-bond acceptors (Lipinski definition) is 2. The van der Waals surface area contributed by atoms with Crippen molar-refractivity contribution in [2.45, 2.75) is 83.7 Å². The Labute approximate surface area is 127 Å². The van der Waals surface area contributed by atoms with Gasteiger partial charge in [-0.3, -0.25) is 0 Å². The van der Waals surface area contributed by atoms with Crippen LogP contribution in [-0.4, -0.2) is 28.7 Å². The molecule has 5 heteroatoms. The summed E-state index contributed by atoms with van der Waals surface area (Å²) in [6.45, 7) is 5.56. The van der Waals surface area contributed by atoms with Crippen molar-refractivity contribution in [3.63, 3.8) is 0 Å². The van der Waals surface area contributed by atoms with Crippen molar-refractivity contribution >= 4 is 12.0 Å². The molecule has 5 nitrogen and oxygen atoms in total. The fourth-order valence-corrected chi connectivity index (χ4v) is 3.27. The Morgan fingerprint density at radius 3 is 2.33 bits per heavy atom. The first-order valence-electron chi connectivity index (χ1n) is 8.25. The topological polar surface area (TPSA) is 78.4 Å². The number of urea groups is 1. The molecule has 0 aromatic carbocycles. The first kappa shape index (κ1) is 17.8. The molecule has 2 amide bonds. The van der Waals surface area contributed by atoms with Crippen LogP contribution in [0.4, 0.5) is 4.79 Å². The average molecular weight is 298 g/mol.